The number of benzene rings is 3. The maximum Gasteiger partial charge on any atom is 0.321 e. The summed E-state index contributed by atoms with van der Waals surface area (Å²) in [6.45, 7) is 4.00. The summed E-state index contributed by atoms with van der Waals surface area (Å²) in [6, 6.07) is 22.4. The number of carboxylic acids is 1. The van der Waals surface area contributed by atoms with Gasteiger partial charge in [-0.15, -0.1) is 0 Å². The first kappa shape index (κ1) is 20.5. The second-order valence-corrected chi connectivity index (χ2v) is 6.55. The molecule has 0 aliphatic carbocycles. The standard InChI is InChI=1S/C20H16N2O2S.C2H6/c21-13-15-5-3-4-14(10-15)11-19(20(23)24)22-25-18-9-8-16-6-1-2-7-17(16)12-18;1-2/h1-10,12,19,22H,11H2,(H,23,24);1-2H3. The molecule has 0 amide bonds. The first-order valence-electron chi connectivity index (χ1n) is 8.79. The zero-order valence-corrected chi connectivity index (χ0v) is 16.2. The van der Waals surface area contributed by atoms with E-state index in [1.54, 1.807) is 18.2 Å². The largest absolute Gasteiger partial charge is 0.480 e. The minimum absolute atomic E-state index is 0.311. The van der Waals surface area contributed by atoms with Crippen molar-refractivity contribution >= 4 is 28.7 Å². The van der Waals surface area contributed by atoms with E-state index in [-0.39, 0.29) is 0 Å². The number of hydrogen-bond donors (Lipinski definition) is 2. The fourth-order valence-electron chi connectivity index (χ4n) is 2.55. The quantitative estimate of drug-likeness (QED) is 0.589. The number of nitrogens with one attached hydrogen (secondary N) is 1. The van der Waals surface area contributed by atoms with Crippen LogP contribution in [0.2, 0.25) is 0 Å². The molecule has 27 heavy (non-hydrogen) atoms. The molecule has 3 aromatic rings. The van der Waals surface area contributed by atoms with Crippen LogP contribution in [0, 0.1) is 11.3 Å². The Morgan fingerprint density at radius 2 is 1.81 bits per heavy atom. The number of fused-ring (bicyclic) bond motifs is 1. The van der Waals surface area contributed by atoms with Gasteiger partial charge < -0.3 is 5.11 Å². The molecule has 3 rings (SSSR count). The molecule has 0 radical (unpaired) electrons. The van der Waals surface area contributed by atoms with Gasteiger partial charge in [0, 0.05) is 4.90 Å². The van der Waals surface area contributed by atoms with E-state index in [4.69, 9.17) is 5.26 Å². The van der Waals surface area contributed by atoms with Crippen molar-refractivity contribution in [3.63, 3.8) is 0 Å². The highest BCUT2D eigenvalue weighted by atomic mass is 32.2. The Balaban J connectivity index is 0.00000126. The molecule has 2 N–H and O–H groups in total. The number of rotatable bonds is 6. The van der Waals surface area contributed by atoms with Crippen LogP contribution in [0.1, 0.15) is 25.0 Å². The Bertz CT molecular complexity index is 950. The number of carbonyl (C=O) groups is 1. The average molecular weight is 378 g/mol. The fourth-order valence-corrected chi connectivity index (χ4v) is 3.34. The summed E-state index contributed by atoms with van der Waals surface area (Å²) < 4.78 is 3.02. The van der Waals surface area contributed by atoms with Crippen LogP contribution in [0.4, 0.5) is 0 Å². The molecule has 1 atom stereocenters. The molecule has 3 aromatic carbocycles. The minimum atomic E-state index is -0.921. The molecule has 0 spiro atoms. The molecular weight excluding hydrogens is 356 g/mol. The van der Waals surface area contributed by atoms with Crippen molar-refractivity contribution < 1.29 is 9.90 Å². The summed E-state index contributed by atoms with van der Waals surface area (Å²) in [4.78, 5) is 12.5. The lowest BCUT2D eigenvalue weighted by molar-refractivity contribution is -0.138. The van der Waals surface area contributed by atoms with Gasteiger partial charge in [0.2, 0.25) is 0 Å². The first-order valence-corrected chi connectivity index (χ1v) is 9.60. The highest BCUT2D eigenvalue weighted by Gasteiger charge is 2.18. The van der Waals surface area contributed by atoms with E-state index < -0.39 is 12.0 Å². The smallest absolute Gasteiger partial charge is 0.321 e. The zero-order valence-electron chi connectivity index (χ0n) is 15.3. The molecule has 1 unspecified atom stereocenters. The SMILES string of the molecule is CC.N#Cc1cccc(CC(NSc2ccc3ccccc3c2)C(=O)O)c1. The van der Waals surface area contributed by atoms with Gasteiger partial charge in [0.05, 0.1) is 11.6 Å². The molecule has 0 saturated carbocycles. The van der Waals surface area contributed by atoms with Crippen LogP contribution in [0.15, 0.2) is 71.6 Å². The summed E-state index contributed by atoms with van der Waals surface area (Å²) in [5, 5.41) is 20.7. The predicted molar refractivity (Wildman–Crippen MR) is 111 cm³/mol. The number of carboxylic acid groups (broad SMARTS) is 1. The molecule has 0 saturated heterocycles. The monoisotopic (exact) mass is 378 g/mol. The van der Waals surface area contributed by atoms with Crippen LogP contribution < -0.4 is 4.72 Å². The Hall–Kier alpha value is -2.81. The zero-order chi connectivity index (χ0) is 19.6. The van der Waals surface area contributed by atoms with Gasteiger partial charge in [0.1, 0.15) is 6.04 Å². The van der Waals surface area contributed by atoms with Gasteiger partial charge in [-0.25, -0.2) is 4.72 Å². The Morgan fingerprint density at radius 1 is 1.07 bits per heavy atom. The van der Waals surface area contributed by atoms with Gasteiger partial charge in [-0.3, -0.25) is 4.79 Å². The number of aliphatic carboxylic acids is 1. The average Bonchev–Trinajstić information content (AvgIpc) is 2.72. The Kier molecular flexibility index (Phi) is 7.87. The molecule has 138 valence electrons. The van der Waals surface area contributed by atoms with Gasteiger partial charge in [-0.1, -0.05) is 56.3 Å². The lowest BCUT2D eigenvalue weighted by Gasteiger charge is -2.14. The maximum absolute atomic E-state index is 11.6. The van der Waals surface area contributed by atoms with E-state index in [0.717, 1.165) is 21.2 Å². The van der Waals surface area contributed by atoms with Crippen molar-refractivity contribution in [1.82, 2.24) is 4.72 Å². The number of nitrogens with zero attached hydrogens (tertiary/aromatic N) is 1. The predicted octanol–water partition coefficient (Wildman–Crippen LogP) is 5.03. The van der Waals surface area contributed by atoms with Crippen molar-refractivity contribution in [3.8, 4) is 6.07 Å². The third-order valence-electron chi connectivity index (χ3n) is 3.83. The van der Waals surface area contributed by atoms with E-state index in [1.807, 2.05) is 62.4 Å². The lowest BCUT2D eigenvalue weighted by Crippen LogP contribution is -2.34. The summed E-state index contributed by atoms with van der Waals surface area (Å²) >= 11 is 1.31. The molecule has 0 bridgehead atoms. The number of hydrogen-bond acceptors (Lipinski definition) is 4. The van der Waals surface area contributed by atoms with Crippen LogP contribution in [0.5, 0.6) is 0 Å². The van der Waals surface area contributed by atoms with Crippen LogP contribution in [-0.2, 0) is 11.2 Å². The van der Waals surface area contributed by atoms with Gasteiger partial charge in [0.25, 0.3) is 0 Å². The van der Waals surface area contributed by atoms with Gasteiger partial charge in [-0.05, 0) is 59.0 Å². The summed E-state index contributed by atoms with van der Waals surface area (Å²) in [7, 11) is 0. The van der Waals surface area contributed by atoms with Gasteiger partial charge in [0.15, 0.2) is 0 Å². The molecule has 0 fully saturated rings. The second kappa shape index (κ2) is 10.4. The van der Waals surface area contributed by atoms with E-state index in [9.17, 15) is 9.90 Å². The van der Waals surface area contributed by atoms with Crippen LogP contribution in [-0.4, -0.2) is 17.1 Å². The lowest BCUT2D eigenvalue weighted by atomic mass is 10.0. The number of nitriles is 1. The summed E-state index contributed by atoms with van der Waals surface area (Å²) in [6.07, 6.45) is 0.311. The van der Waals surface area contributed by atoms with Crippen molar-refractivity contribution in [2.75, 3.05) is 0 Å². The fraction of sp³-hybridized carbons (Fsp3) is 0.182. The summed E-state index contributed by atoms with van der Waals surface area (Å²) in [5.41, 5.74) is 1.35. The molecular formula is C22H22N2O2S. The van der Waals surface area contributed by atoms with E-state index >= 15 is 0 Å². The molecule has 0 aliphatic heterocycles. The Labute approximate surface area is 164 Å². The van der Waals surface area contributed by atoms with Crippen molar-refractivity contribution in [1.29, 1.82) is 5.26 Å². The molecule has 5 heteroatoms. The minimum Gasteiger partial charge on any atom is -0.480 e. The van der Waals surface area contributed by atoms with E-state index in [2.05, 4.69) is 10.8 Å². The third-order valence-corrected chi connectivity index (χ3v) is 4.73. The van der Waals surface area contributed by atoms with E-state index in [1.165, 1.54) is 11.9 Å². The second-order valence-electron chi connectivity index (χ2n) is 5.64. The van der Waals surface area contributed by atoms with Crippen LogP contribution >= 0.6 is 11.9 Å². The van der Waals surface area contributed by atoms with Gasteiger partial charge >= 0.3 is 5.97 Å². The summed E-state index contributed by atoms with van der Waals surface area (Å²) in [5.74, 6) is -0.921. The van der Waals surface area contributed by atoms with Crippen LogP contribution in [0.25, 0.3) is 10.8 Å². The highest BCUT2D eigenvalue weighted by Crippen LogP contribution is 2.22. The van der Waals surface area contributed by atoms with Crippen molar-refractivity contribution in [2.45, 2.75) is 31.2 Å². The first-order chi connectivity index (χ1) is 13.2. The van der Waals surface area contributed by atoms with Crippen molar-refractivity contribution in [2.24, 2.45) is 0 Å². The maximum atomic E-state index is 11.6. The topological polar surface area (TPSA) is 73.1 Å². The normalized spacial score (nSPS) is 11.1. The van der Waals surface area contributed by atoms with Crippen molar-refractivity contribution in [3.05, 3.63) is 77.9 Å². The van der Waals surface area contributed by atoms with Crippen LogP contribution in [0.3, 0.4) is 0 Å². The molecule has 4 nitrogen and oxygen atoms in total. The molecule has 0 heterocycles. The van der Waals surface area contributed by atoms with Gasteiger partial charge in [-0.2, -0.15) is 5.26 Å². The van der Waals surface area contributed by atoms with E-state index in [0.29, 0.717) is 12.0 Å². The molecule has 0 aliphatic rings. The highest BCUT2D eigenvalue weighted by molar-refractivity contribution is 7.97. The third kappa shape index (κ3) is 5.85. The Morgan fingerprint density at radius 3 is 2.52 bits per heavy atom. The molecule has 0 aromatic heterocycles.